The second-order valence-electron chi connectivity index (χ2n) is 3.72. The molecule has 2 heterocycles. The highest BCUT2D eigenvalue weighted by Gasteiger charge is 2.10. The molecule has 6 heteroatoms. The Morgan fingerprint density at radius 3 is 3.00 bits per heavy atom. The van der Waals surface area contributed by atoms with Crippen molar-refractivity contribution in [1.82, 2.24) is 14.2 Å². The highest BCUT2D eigenvalue weighted by molar-refractivity contribution is 5.87. The van der Waals surface area contributed by atoms with E-state index in [1.807, 2.05) is 0 Å². The predicted octanol–water partition coefficient (Wildman–Crippen LogP) is 0.615. The van der Waals surface area contributed by atoms with Gasteiger partial charge in [0, 0.05) is 18.0 Å². The average molecular weight is 247 g/mol. The van der Waals surface area contributed by atoms with Crippen LogP contribution in [-0.2, 0) is 16.1 Å². The summed E-state index contributed by atoms with van der Waals surface area (Å²) in [5.74, 6) is -0.488. The van der Waals surface area contributed by atoms with Crippen LogP contribution >= 0.6 is 0 Å². The van der Waals surface area contributed by atoms with Crippen LogP contribution in [0.2, 0.25) is 0 Å². The topological polar surface area (TPSA) is 65.6 Å². The standard InChI is InChI=1S/C12H13N3O3/c1-3-18-12(17)9(2)8-14-6-7-15-10(11(14)16)4-5-13-15/h4-7H,2-3,8H2,1H3. The average Bonchev–Trinajstić information content (AvgIpc) is 2.82. The third-order valence-electron chi connectivity index (χ3n) is 2.46. The van der Waals surface area contributed by atoms with Gasteiger partial charge < -0.3 is 9.30 Å². The molecule has 18 heavy (non-hydrogen) atoms. The van der Waals surface area contributed by atoms with Crippen LogP contribution in [0.1, 0.15) is 6.92 Å². The van der Waals surface area contributed by atoms with E-state index < -0.39 is 5.97 Å². The Balaban J connectivity index is 2.27. The number of hydrogen-bond donors (Lipinski definition) is 0. The minimum absolute atomic E-state index is 0.110. The van der Waals surface area contributed by atoms with E-state index in [1.54, 1.807) is 31.6 Å². The highest BCUT2D eigenvalue weighted by atomic mass is 16.5. The second kappa shape index (κ2) is 4.87. The molecule has 0 saturated heterocycles. The summed E-state index contributed by atoms with van der Waals surface area (Å²) in [7, 11) is 0. The molecule has 0 aromatic carbocycles. The van der Waals surface area contributed by atoms with Crippen molar-refractivity contribution in [3.05, 3.63) is 47.2 Å². The fourth-order valence-corrected chi connectivity index (χ4v) is 1.59. The Labute approximate surface area is 103 Å². The van der Waals surface area contributed by atoms with Crippen LogP contribution in [0.5, 0.6) is 0 Å². The van der Waals surface area contributed by atoms with Gasteiger partial charge in [0.15, 0.2) is 0 Å². The van der Waals surface area contributed by atoms with Crippen molar-refractivity contribution in [2.75, 3.05) is 6.61 Å². The molecule has 0 saturated carbocycles. The SMILES string of the molecule is C=C(Cn1ccn2nccc2c1=O)C(=O)OCC. The maximum atomic E-state index is 12.0. The molecule has 0 unspecified atom stereocenters. The van der Waals surface area contributed by atoms with E-state index in [1.165, 1.54) is 9.08 Å². The highest BCUT2D eigenvalue weighted by Crippen LogP contribution is 2.00. The largest absolute Gasteiger partial charge is 0.463 e. The summed E-state index contributed by atoms with van der Waals surface area (Å²) in [6.07, 6.45) is 4.75. The number of nitrogens with zero attached hydrogens (tertiary/aromatic N) is 3. The number of rotatable bonds is 4. The van der Waals surface area contributed by atoms with Crippen LogP contribution in [0.15, 0.2) is 41.6 Å². The fraction of sp³-hybridized carbons (Fsp3) is 0.250. The summed E-state index contributed by atoms with van der Waals surface area (Å²) in [6, 6.07) is 1.62. The lowest BCUT2D eigenvalue weighted by Gasteiger charge is -2.08. The Morgan fingerprint density at radius 1 is 1.50 bits per heavy atom. The maximum absolute atomic E-state index is 12.0. The van der Waals surface area contributed by atoms with Crippen LogP contribution in [0.3, 0.4) is 0 Å². The number of carbonyl (C=O) groups excluding carboxylic acids is 1. The minimum Gasteiger partial charge on any atom is -0.463 e. The van der Waals surface area contributed by atoms with Crippen LogP contribution < -0.4 is 5.56 Å². The molecule has 2 aromatic rings. The van der Waals surface area contributed by atoms with Crippen molar-refractivity contribution in [3.63, 3.8) is 0 Å². The third kappa shape index (κ3) is 2.17. The summed E-state index contributed by atoms with van der Waals surface area (Å²) in [6.45, 7) is 5.74. The third-order valence-corrected chi connectivity index (χ3v) is 2.46. The summed E-state index contributed by atoms with van der Waals surface area (Å²) in [5.41, 5.74) is 0.470. The Bertz CT molecular complexity index is 654. The molecule has 0 radical (unpaired) electrons. The van der Waals surface area contributed by atoms with Gasteiger partial charge in [-0.15, -0.1) is 0 Å². The van der Waals surface area contributed by atoms with Crippen molar-refractivity contribution in [3.8, 4) is 0 Å². The maximum Gasteiger partial charge on any atom is 0.335 e. The molecule has 2 rings (SSSR count). The molecule has 94 valence electrons. The van der Waals surface area contributed by atoms with E-state index in [0.29, 0.717) is 5.52 Å². The summed E-state index contributed by atoms with van der Waals surface area (Å²) in [5, 5.41) is 3.95. The number of fused-ring (bicyclic) bond motifs is 1. The molecule has 2 aromatic heterocycles. The van der Waals surface area contributed by atoms with E-state index in [2.05, 4.69) is 11.7 Å². The molecular formula is C12H13N3O3. The summed E-state index contributed by atoms with van der Waals surface area (Å²) >= 11 is 0. The number of carbonyl (C=O) groups is 1. The smallest absolute Gasteiger partial charge is 0.335 e. The predicted molar refractivity (Wildman–Crippen MR) is 65.2 cm³/mol. The van der Waals surface area contributed by atoms with Gasteiger partial charge >= 0.3 is 5.97 Å². The van der Waals surface area contributed by atoms with Crippen molar-refractivity contribution < 1.29 is 9.53 Å². The molecular weight excluding hydrogens is 234 g/mol. The first-order chi connectivity index (χ1) is 8.63. The Morgan fingerprint density at radius 2 is 2.28 bits per heavy atom. The lowest BCUT2D eigenvalue weighted by Crippen LogP contribution is -2.24. The zero-order chi connectivity index (χ0) is 13.1. The van der Waals surface area contributed by atoms with Crippen molar-refractivity contribution in [2.45, 2.75) is 13.5 Å². The number of esters is 1. The van der Waals surface area contributed by atoms with Gasteiger partial charge in [0.25, 0.3) is 5.56 Å². The second-order valence-corrected chi connectivity index (χ2v) is 3.72. The normalized spacial score (nSPS) is 10.5. The van der Waals surface area contributed by atoms with Gasteiger partial charge in [0.05, 0.1) is 19.3 Å². The van der Waals surface area contributed by atoms with E-state index in [-0.39, 0.29) is 24.3 Å². The van der Waals surface area contributed by atoms with Gasteiger partial charge in [0.1, 0.15) is 5.52 Å². The Hall–Kier alpha value is -2.37. The van der Waals surface area contributed by atoms with Crippen molar-refractivity contribution in [1.29, 1.82) is 0 Å². The molecule has 0 N–H and O–H groups in total. The van der Waals surface area contributed by atoms with Gasteiger partial charge in [-0.3, -0.25) is 4.79 Å². The van der Waals surface area contributed by atoms with E-state index in [4.69, 9.17) is 4.74 Å². The summed E-state index contributed by atoms with van der Waals surface area (Å²) < 4.78 is 7.69. The van der Waals surface area contributed by atoms with Crippen LogP contribution in [0.25, 0.3) is 5.52 Å². The Kier molecular flexibility index (Phi) is 3.27. The van der Waals surface area contributed by atoms with Gasteiger partial charge in [-0.1, -0.05) is 6.58 Å². The lowest BCUT2D eigenvalue weighted by molar-refractivity contribution is -0.138. The van der Waals surface area contributed by atoms with Crippen molar-refractivity contribution in [2.24, 2.45) is 0 Å². The van der Waals surface area contributed by atoms with Crippen LogP contribution in [0, 0.1) is 0 Å². The van der Waals surface area contributed by atoms with Crippen LogP contribution in [0.4, 0.5) is 0 Å². The van der Waals surface area contributed by atoms with E-state index in [9.17, 15) is 9.59 Å². The van der Waals surface area contributed by atoms with Crippen molar-refractivity contribution >= 4 is 11.5 Å². The van der Waals surface area contributed by atoms with Gasteiger partial charge in [-0.05, 0) is 13.0 Å². The number of hydrogen-bond acceptors (Lipinski definition) is 4. The van der Waals surface area contributed by atoms with Crippen LogP contribution in [-0.4, -0.2) is 26.8 Å². The molecule has 0 spiro atoms. The number of aromatic nitrogens is 3. The molecule has 0 bridgehead atoms. The quantitative estimate of drug-likeness (QED) is 0.586. The molecule has 0 amide bonds. The molecule has 0 aliphatic heterocycles. The molecule has 0 aliphatic carbocycles. The zero-order valence-corrected chi connectivity index (χ0v) is 10.00. The minimum atomic E-state index is -0.488. The molecule has 0 atom stereocenters. The first kappa shape index (κ1) is 12.1. The van der Waals surface area contributed by atoms with E-state index >= 15 is 0 Å². The fourth-order valence-electron chi connectivity index (χ4n) is 1.59. The zero-order valence-electron chi connectivity index (χ0n) is 10.00. The molecule has 0 aliphatic rings. The van der Waals surface area contributed by atoms with Gasteiger partial charge in [0.2, 0.25) is 0 Å². The summed E-state index contributed by atoms with van der Waals surface area (Å²) in [4.78, 5) is 23.4. The van der Waals surface area contributed by atoms with Gasteiger partial charge in [-0.2, -0.15) is 5.10 Å². The lowest BCUT2D eigenvalue weighted by atomic mass is 10.3. The first-order valence-electron chi connectivity index (χ1n) is 5.51. The monoisotopic (exact) mass is 247 g/mol. The molecule has 0 fully saturated rings. The molecule has 6 nitrogen and oxygen atoms in total. The van der Waals surface area contributed by atoms with Gasteiger partial charge in [-0.25, -0.2) is 9.31 Å². The first-order valence-corrected chi connectivity index (χ1v) is 5.51. The van der Waals surface area contributed by atoms with E-state index in [0.717, 1.165) is 0 Å². The number of ether oxygens (including phenoxy) is 1.